The summed E-state index contributed by atoms with van der Waals surface area (Å²) in [6, 6.07) is 7.40. The molecule has 2 N–H and O–H groups in total. The van der Waals surface area contributed by atoms with Crippen LogP contribution in [0.15, 0.2) is 40.5 Å². The lowest BCUT2D eigenvalue weighted by atomic mass is 10.2. The minimum atomic E-state index is -0.386. The third-order valence-electron chi connectivity index (χ3n) is 3.93. The van der Waals surface area contributed by atoms with Crippen LogP contribution in [0.5, 0.6) is 0 Å². The summed E-state index contributed by atoms with van der Waals surface area (Å²) in [4.78, 5) is 33.8. The molecule has 0 saturated heterocycles. The Bertz CT molecular complexity index is 980. The Balaban J connectivity index is 1.77. The van der Waals surface area contributed by atoms with Crippen LogP contribution >= 0.6 is 11.8 Å². The van der Waals surface area contributed by atoms with E-state index in [0.29, 0.717) is 16.1 Å². The maximum atomic E-state index is 12.9. The lowest BCUT2D eigenvalue weighted by Crippen LogP contribution is -2.33. The quantitative estimate of drug-likeness (QED) is 0.527. The van der Waals surface area contributed by atoms with Crippen molar-refractivity contribution in [2.75, 3.05) is 0 Å². The Hall–Kier alpha value is -2.68. The number of H-pyrrole nitrogens is 1. The molecule has 8 nitrogen and oxygen atoms in total. The molecule has 1 aliphatic rings. The summed E-state index contributed by atoms with van der Waals surface area (Å²) in [7, 11) is 0. The van der Waals surface area contributed by atoms with Crippen molar-refractivity contribution in [2.24, 2.45) is 0 Å². The maximum Gasteiger partial charge on any atom is 0.269 e. The molecular weight excluding hydrogens is 340 g/mol. The van der Waals surface area contributed by atoms with Crippen molar-refractivity contribution in [2.45, 2.75) is 36.2 Å². The second-order valence-electron chi connectivity index (χ2n) is 5.90. The number of benzene rings is 1. The number of thioether (sulfide) groups is 1. The Labute approximate surface area is 147 Å². The van der Waals surface area contributed by atoms with Crippen LogP contribution in [0.2, 0.25) is 0 Å². The van der Waals surface area contributed by atoms with Gasteiger partial charge in [0, 0.05) is 6.04 Å². The van der Waals surface area contributed by atoms with Gasteiger partial charge >= 0.3 is 0 Å². The molecule has 1 aromatic carbocycles. The summed E-state index contributed by atoms with van der Waals surface area (Å²) in [5.41, 5.74) is 0.334. The Morgan fingerprint density at radius 3 is 2.92 bits per heavy atom. The number of nitrogens with zero attached hydrogens (tertiary/aromatic N) is 4. The average molecular weight is 356 g/mol. The summed E-state index contributed by atoms with van der Waals surface area (Å²) in [5.74, 6) is 0.222. The van der Waals surface area contributed by atoms with Gasteiger partial charge in [0.15, 0.2) is 5.16 Å². The van der Waals surface area contributed by atoms with Crippen molar-refractivity contribution < 1.29 is 4.79 Å². The smallest absolute Gasteiger partial charge is 0.269 e. The molecule has 3 aromatic rings. The zero-order valence-electron chi connectivity index (χ0n) is 13.5. The van der Waals surface area contributed by atoms with Gasteiger partial charge in [-0.2, -0.15) is 10.1 Å². The van der Waals surface area contributed by atoms with E-state index < -0.39 is 0 Å². The van der Waals surface area contributed by atoms with Gasteiger partial charge in [-0.1, -0.05) is 23.9 Å². The van der Waals surface area contributed by atoms with E-state index in [1.165, 1.54) is 22.7 Å². The van der Waals surface area contributed by atoms with E-state index in [0.717, 1.165) is 12.8 Å². The standard InChI is InChI=1S/C16H16N6O2S/c1-9(13(23)19-10-6-7-10)25-16-20-12-5-3-2-4-11(12)14(24)22(16)15-17-8-18-21-15/h2-5,8-10H,6-7H2,1H3,(H,19,23)(H,17,18,21)/t9-/m0/s1. The molecule has 0 unspecified atom stereocenters. The number of aromatic amines is 1. The van der Waals surface area contributed by atoms with Crippen molar-refractivity contribution in [1.82, 2.24) is 30.0 Å². The lowest BCUT2D eigenvalue weighted by Gasteiger charge is -2.14. The van der Waals surface area contributed by atoms with Crippen LogP contribution in [0.4, 0.5) is 0 Å². The Kier molecular flexibility index (Phi) is 4.00. The predicted molar refractivity (Wildman–Crippen MR) is 93.8 cm³/mol. The largest absolute Gasteiger partial charge is 0.352 e. The fourth-order valence-corrected chi connectivity index (χ4v) is 3.36. The first-order valence-electron chi connectivity index (χ1n) is 7.98. The van der Waals surface area contributed by atoms with Crippen LogP contribution in [0.1, 0.15) is 19.8 Å². The summed E-state index contributed by atoms with van der Waals surface area (Å²) in [6.07, 6.45) is 3.38. The van der Waals surface area contributed by atoms with E-state index >= 15 is 0 Å². The highest BCUT2D eigenvalue weighted by Gasteiger charge is 2.27. The van der Waals surface area contributed by atoms with Crippen LogP contribution in [0.3, 0.4) is 0 Å². The van der Waals surface area contributed by atoms with Gasteiger partial charge in [-0.3, -0.25) is 9.59 Å². The molecule has 0 aliphatic heterocycles. The second-order valence-corrected chi connectivity index (χ2v) is 7.21. The number of carbonyl (C=O) groups excluding carboxylic acids is 1. The minimum Gasteiger partial charge on any atom is -0.352 e. The highest BCUT2D eigenvalue weighted by molar-refractivity contribution is 8.00. The molecule has 128 valence electrons. The number of rotatable bonds is 5. The number of nitrogens with one attached hydrogen (secondary N) is 2. The Morgan fingerprint density at radius 1 is 1.40 bits per heavy atom. The van der Waals surface area contributed by atoms with Crippen LogP contribution in [-0.2, 0) is 4.79 Å². The van der Waals surface area contributed by atoms with Gasteiger partial charge in [0.2, 0.25) is 11.9 Å². The molecule has 4 rings (SSSR count). The van der Waals surface area contributed by atoms with E-state index in [9.17, 15) is 9.59 Å². The summed E-state index contributed by atoms with van der Waals surface area (Å²) in [6.45, 7) is 1.80. The molecule has 9 heteroatoms. The maximum absolute atomic E-state index is 12.9. The first-order chi connectivity index (χ1) is 12.1. The van der Waals surface area contributed by atoms with Gasteiger partial charge < -0.3 is 5.32 Å². The zero-order chi connectivity index (χ0) is 17.4. The first kappa shape index (κ1) is 15.8. The van der Waals surface area contributed by atoms with Gasteiger partial charge in [-0.15, -0.1) is 0 Å². The van der Waals surface area contributed by atoms with Gasteiger partial charge in [-0.05, 0) is 31.9 Å². The fourth-order valence-electron chi connectivity index (χ4n) is 2.44. The molecule has 0 spiro atoms. The first-order valence-corrected chi connectivity index (χ1v) is 8.86. The number of amides is 1. The van der Waals surface area contributed by atoms with E-state index in [2.05, 4.69) is 25.5 Å². The van der Waals surface area contributed by atoms with E-state index in [-0.39, 0.29) is 28.7 Å². The van der Waals surface area contributed by atoms with Gasteiger partial charge in [0.25, 0.3) is 5.56 Å². The van der Waals surface area contributed by atoms with Crippen molar-refractivity contribution in [3.05, 3.63) is 40.9 Å². The molecule has 1 amide bonds. The second kappa shape index (κ2) is 6.32. The van der Waals surface area contributed by atoms with Crippen molar-refractivity contribution in [1.29, 1.82) is 0 Å². The molecular formula is C16H16N6O2S. The van der Waals surface area contributed by atoms with E-state index in [1.807, 2.05) is 6.07 Å². The van der Waals surface area contributed by atoms with Gasteiger partial charge in [0.1, 0.15) is 6.33 Å². The van der Waals surface area contributed by atoms with E-state index in [4.69, 9.17) is 0 Å². The highest BCUT2D eigenvalue weighted by atomic mass is 32.2. The van der Waals surface area contributed by atoms with Crippen molar-refractivity contribution in [3.63, 3.8) is 0 Å². The number of carbonyl (C=O) groups is 1. The summed E-state index contributed by atoms with van der Waals surface area (Å²) >= 11 is 1.23. The zero-order valence-corrected chi connectivity index (χ0v) is 14.3. The number of para-hydroxylation sites is 1. The van der Waals surface area contributed by atoms with Crippen LogP contribution in [-0.4, -0.2) is 41.9 Å². The van der Waals surface area contributed by atoms with Gasteiger partial charge in [-0.25, -0.2) is 14.6 Å². The monoisotopic (exact) mass is 356 g/mol. The summed E-state index contributed by atoms with van der Waals surface area (Å²) in [5, 5.41) is 9.97. The predicted octanol–water partition coefficient (Wildman–Crippen LogP) is 1.26. The average Bonchev–Trinajstić information content (AvgIpc) is 3.26. The number of fused-ring (bicyclic) bond motifs is 1. The minimum absolute atomic E-state index is 0.0565. The number of hydrogen-bond acceptors (Lipinski definition) is 6. The van der Waals surface area contributed by atoms with E-state index in [1.54, 1.807) is 25.1 Å². The SMILES string of the molecule is C[C@H](Sc1nc2ccccc2c(=O)n1-c1ncn[nH]1)C(=O)NC1CC1. The molecule has 2 aromatic heterocycles. The van der Waals surface area contributed by atoms with Crippen molar-refractivity contribution in [3.8, 4) is 5.95 Å². The van der Waals surface area contributed by atoms with Crippen LogP contribution in [0.25, 0.3) is 16.9 Å². The molecule has 25 heavy (non-hydrogen) atoms. The highest BCUT2D eigenvalue weighted by Crippen LogP contribution is 2.25. The lowest BCUT2D eigenvalue weighted by molar-refractivity contribution is -0.120. The van der Waals surface area contributed by atoms with Crippen molar-refractivity contribution >= 4 is 28.6 Å². The molecule has 1 atom stereocenters. The third-order valence-corrected chi connectivity index (χ3v) is 4.99. The normalized spacial score (nSPS) is 15.2. The Morgan fingerprint density at radius 2 is 2.20 bits per heavy atom. The van der Waals surface area contributed by atoms with Crippen LogP contribution < -0.4 is 10.9 Å². The topological polar surface area (TPSA) is 106 Å². The molecule has 1 aliphatic carbocycles. The van der Waals surface area contributed by atoms with Crippen LogP contribution in [0, 0.1) is 0 Å². The molecule has 0 bridgehead atoms. The summed E-state index contributed by atoms with van der Waals surface area (Å²) < 4.78 is 1.36. The molecule has 1 saturated carbocycles. The molecule has 0 radical (unpaired) electrons. The molecule has 2 heterocycles. The fraction of sp³-hybridized carbons (Fsp3) is 0.312. The third kappa shape index (κ3) is 3.14. The number of hydrogen-bond donors (Lipinski definition) is 2. The van der Waals surface area contributed by atoms with Gasteiger partial charge in [0.05, 0.1) is 16.2 Å². The number of aromatic nitrogens is 5. The molecule has 1 fully saturated rings.